The van der Waals surface area contributed by atoms with E-state index in [1.807, 2.05) is 36.0 Å². The number of hydrogen-bond acceptors (Lipinski definition) is 5. The van der Waals surface area contributed by atoms with Crippen LogP contribution in [0.15, 0.2) is 84.0 Å². The van der Waals surface area contributed by atoms with Gasteiger partial charge in [-0.2, -0.15) is 4.98 Å². The van der Waals surface area contributed by atoms with E-state index in [0.717, 1.165) is 5.56 Å². The van der Waals surface area contributed by atoms with Gasteiger partial charge in [-0.25, -0.2) is 13.4 Å². The summed E-state index contributed by atoms with van der Waals surface area (Å²) in [6.07, 6.45) is 3.78. The van der Waals surface area contributed by atoms with Gasteiger partial charge in [-0.15, -0.1) is 0 Å². The minimum atomic E-state index is -3.65. The molecule has 2 heterocycles. The topological polar surface area (TPSA) is 86.1 Å². The van der Waals surface area contributed by atoms with Gasteiger partial charge in [-0.3, -0.25) is 4.72 Å². The third-order valence-corrected chi connectivity index (χ3v) is 5.73. The van der Waals surface area contributed by atoms with Gasteiger partial charge in [0.2, 0.25) is 5.88 Å². The molecule has 0 amide bonds. The van der Waals surface area contributed by atoms with Crippen molar-refractivity contribution in [1.29, 1.82) is 0 Å². The average molecular weight is 420 g/mol. The molecule has 0 fully saturated rings. The number of ether oxygens (including phenoxy) is 1. The van der Waals surface area contributed by atoms with E-state index >= 15 is 0 Å². The van der Waals surface area contributed by atoms with E-state index in [1.165, 1.54) is 0 Å². The first kappa shape index (κ1) is 19.7. The minimum absolute atomic E-state index is 0.211. The smallest absolute Gasteiger partial charge is 0.261 e. The van der Waals surface area contributed by atoms with Crippen LogP contribution in [0.25, 0.3) is 5.82 Å². The highest BCUT2D eigenvalue weighted by molar-refractivity contribution is 7.92. The Morgan fingerprint density at radius 3 is 2.23 bits per heavy atom. The molecule has 2 aromatic carbocycles. The van der Waals surface area contributed by atoms with Crippen LogP contribution >= 0.6 is 0 Å². The van der Waals surface area contributed by atoms with Crippen LogP contribution in [-0.2, 0) is 10.0 Å². The summed E-state index contributed by atoms with van der Waals surface area (Å²) in [5, 5.41) is 0. The van der Waals surface area contributed by atoms with Gasteiger partial charge in [-0.1, -0.05) is 17.7 Å². The zero-order valence-corrected chi connectivity index (χ0v) is 17.3. The number of rotatable bonds is 6. The molecule has 0 aliphatic rings. The van der Waals surface area contributed by atoms with Crippen LogP contribution in [0, 0.1) is 13.8 Å². The number of benzene rings is 2. The Balaban J connectivity index is 1.50. The number of aromatic nitrogens is 3. The van der Waals surface area contributed by atoms with E-state index in [2.05, 4.69) is 14.7 Å². The molecule has 0 saturated heterocycles. The lowest BCUT2D eigenvalue weighted by atomic mass is 10.2. The molecule has 0 aliphatic heterocycles. The molecule has 152 valence electrons. The Morgan fingerprint density at radius 2 is 1.57 bits per heavy atom. The summed E-state index contributed by atoms with van der Waals surface area (Å²) in [7, 11) is -3.65. The predicted molar refractivity (Wildman–Crippen MR) is 115 cm³/mol. The van der Waals surface area contributed by atoms with Gasteiger partial charge in [0.25, 0.3) is 10.0 Å². The molecular formula is C22H20N4O3S. The fourth-order valence-corrected chi connectivity index (χ4v) is 3.90. The average Bonchev–Trinajstić information content (AvgIpc) is 3.24. The van der Waals surface area contributed by atoms with Gasteiger partial charge in [-0.05, 0) is 62.4 Å². The molecule has 0 saturated carbocycles. The fraction of sp³-hybridized carbons (Fsp3) is 0.0909. The monoisotopic (exact) mass is 420 g/mol. The number of nitrogens with zero attached hydrogens (tertiary/aromatic N) is 3. The Hall–Kier alpha value is -3.65. The highest BCUT2D eigenvalue weighted by Crippen LogP contribution is 2.24. The highest BCUT2D eigenvalue weighted by atomic mass is 32.2. The second-order valence-electron chi connectivity index (χ2n) is 6.75. The summed E-state index contributed by atoms with van der Waals surface area (Å²) < 4.78 is 35.3. The van der Waals surface area contributed by atoms with Gasteiger partial charge >= 0.3 is 0 Å². The van der Waals surface area contributed by atoms with Crippen molar-refractivity contribution in [1.82, 2.24) is 14.5 Å². The molecule has 4 aromatic rings. The van der Waals surface area contributed by atoms with Gasteiger partial charge in [0.1, 0.15) is 17.4 Å². The first-order valence-electron chi connectivity index (χ1n) is 9.25. The summed E-state index contributed by atoms with van der Waals surface area (Å²) >= 11 is 0. The van der Waals surface area contributed by atoms with Gasteiger partial charge in [0.15, 0.2) is 0 Å². The van der Waals surface area contributed by atoms with E-state index < -0.39 is 10.0 Å². The normalized spacial score (nSPS) is 11.3. The largest absolute Gasteiger partial charge is 0.439 e. The zero-order valence-electron chi connectivity index (χ0n) is 16.5. The van der Waals surface area contributed by atoms with Crippen LogP contribution in [0.4, 0.5) is 5.69 Å². The summed E-state index contributed by atoms with van der Waals surface area (Å²) in [5.74, 6) is 2.22. The van der Waals surface area contributed by atoms with E-state index in [4.69, 9.17) is 4.74 Å². The van der Waals surface area contributed by atoms with E-state index in [1.54, 1.807) is 61.5 Å². The molecule has 7 nitrogen and oxygen atoms in total. The molecule has 0 radical (unpaired) electrons. The minimum Gasteiger partial charge on any atom is -0.439 e. The molecule has 8 heteroatoms. The zero-order chi connectivity index (χ0) is 21.1. The molecule has 0 unspecified atom stereocenters. The van der Waals surface area contributed by atoms with Crippen molar-refractivity contribution in [3.63, 3.8) is 0 Å². The third-order valence-electron chi connectivity index (χ3n) is 4.33. The summed E-state index contributed by atoms with van der Waals surface area (Å²) in [6, 6.07) is 18.9. The Bertz CT molecular complexity index is 1250. The quantitative estimate of drug-likeness (QED) is 0.497. The van der Waals surface area contributed by atoms with Crippen LogP contribution in [0.5, 0.6) is 11.6 Å². The lowest BCUT2D eigenvalue weighted by Gasteiger charge is -2.11. The molecule has 4 rings (SSSR count). The fourth-order valence-electron chi connectivity index (χ4n) is 2.84. The molecule has 2 aromatic heterocycles. The van der Waals surface area contributed by atoms with Crippen LogP contribution in [0.2, 0.25) is 0 Å². The molecule has 0 spiro atoms. The maximum absolute atomic E-state index is 12.5. The highest BCUT2D eigenvalue weighted by Gasteiger charge is 2.14. The van der Waals surface area contributed by atoms with Crippen molar-refractivity contribution in [2.75, 3.05) is 4.72 Å². The van der Waals surface area contributed by atoms with Crippen molar-refractivity contribution >= 4 is 15.7 Å². The molecule has 0 bridgehead atoms. The van der Waals surface area contributed by atoms with Crippen LogP contribution in [0.3, 0.4) is 0 Å². The van der Waals surface area contributed by atoms with Gasteiger partial charge in [0, 0.05) is 24.1 Å². The van der Waals surface area contributed by atoms with Gasteiger partial charge < -0.3 is 9.30 Å². The molecular weight excluding hydrogens is 400 g/mol. The SMILES string of the molecule is Cc1ccc(S(=O)(=O)Nc2ccc(Oc3cc(-n4cccc4)nc(C)n3)cc2)cc1. The van der Waals surface area contributed by atoms with E-state index in [9.17, 15) is 8.42 Å². The predicted octanol–water partition coefficient (Wildman–Crippen LogP) is 4.48. The van der Waals surface area contributed by atoms with Crippen molar-refractivity contribution < 1.29 is 13.2 Å². The summed E-state index contributed by atoms with van der Waals surface area (Å²) in [6.45, 7) is 3.70. The van der Waals surface area contributed by atoms with Crippen LogP contribution in [-0.4, -0.2) is 23.0 Å². The Morgan fingerprint density at radius 1 is 0.900 bits per heavy atom. The number of anilines is 1. The maximum Gasteiger partial charge on any atom is 0.261 e. The number of aryl methyl sites for hydroxylation is 2. The summed E-state index contributed by atoms with van der Waals surface area (Å²) in [4.78, 5) is 8.92. The van der Waals surface area contributed by atoms with Crippen molar-refractivity contribution in [2.24, 2.45) is 0 Å². The number of nitrogens with one attached hydrogen (secondary N) is 1. The second kappa shape index (κ2) is 8.00. The first-order chi connectivity index (χ1) is 14.4. The summed E-state index contributed by atoms with van der Waals surface area (Å²) in [5.41, 5.74) is 1.44. The first-order valence-corrected chi connectivity index (χ1v) is 10.7. The second-order valence-corrected chi connectivity index (χ2v) is 8.43. The Kier molecular flexibility index (Phi) is 5.24. The lowest BCUT2D eigenvalue weighted by Crippen LogP contribution is -2.12. The third kappa shape index (κ3) is 4.49. The van der Waals surface area contributed by atoms with Crippen molar-refractivity contribution in [3.8, 4) is 17.4 Å². The number of hydrogen-bond donors (Lipinski definition) is 1. The molecule has 0 atom stereocenters. The van der Waals surface area contributed by atoms with Crippen molar-refractivity contribution in [2.45, 2.75) is 18.7 Å². The van der Waals surface area contributed by atoms with E-state index in [0.29, 0.717) is 29.0 Å². The van der Waals surface area contributed by atoms with E-state index in [-0.39, 0.29) is 4.90 Å². The Labute approximate surface area is 175 Å². The molecule has 30 heavy (non-hydrogen) atoms. The van der Waals surface area contributed by atoms with Crippen LogP contribution < -0.4 is 9.46 Å². The maximum atomic E-state index is 12.5. The number of sulfonamides is 1. The van der Waals surface area contributed by atoms with Crippen LogP contribution in [0.1, 0.15) is 11.4 Å². The van der Waals surface area contributed by atoms with Gasteiger partial charge in [0.05, 0.1) is 4.90 Å². The van der Waals surface area contributed by atoms with Crippen molar-refractivity contribution in [3.05, 3.63) is 90.5 Å². The lowest BCUT2D eigenvalue weighted by molar-refractivity contribution is 0.459. The molecule has 1 N–H and O–H groups in total. The molecule has 0 aliphatic carbocycles. The standard InChI is InChI=1S/C22H20N4O3S/c1-16-5-11-20(12-6-16)30(27,28)25-18-7-9-19(10-8-18)29-22-15-21(23-17(2)24-22)26-13-3-4-14-26/h3-15,25H,1-2H3.